The molecule has 0 fully saturated rings. The third kappa shape index (κ3) is 4.60. The Kier molecular flexibility index (Phi) is 6.02. The van der Waals surface area contributed by atoms with E-state index < -0.39 is 5.97 Å². The van der Waals surface area contributed by atoms with Gasteiger partial charge in [0.15, 0.2) is 0 Å². The molecule has 7 heteroatoms. The number of aromatic nitrogens is 1. The standard InChI is InChI=1S/C24H25N3O4/c1-2-31-24(30)16-7-9-17(10-8-16)25-22(28)11-12-23(29)27-14-13-21-19(15-27)18-5-3-4-6-20(18)26-21/h3-10,26H,2,11-15H2,1H3,(H,25,28). The van der Waals surface area contributed by atoms with Crippen LogP contribution in [0.15, 0.2) is 48.5 Å². The number of hydrogen-bond acceptors (Lipinski definition) is 4. The van der Waals surface area contributed by atoms with Gasteiger partial charge in [-0.15, -0.1) is 0 Å². The fourth-order valence-electron chi connectivity index (χ4n) is 3.89. The van der Waals surface area contributed by atoms with Gasteiger partial charge in [0.05, 0.1) is 12.2 Å². The Labute approximate surface area is 180 Å². The number of anilines is 1. The molecular weight excluding hydrogens is 394 g/mol. The highest BCUT2D eigenvalue weighted by Crippen LogP contribution is 2.27. The van der Waals surface area contributed by atoms with Gasteiger partial charge in [-0.2, -0.15) is 0 Å². The van der Waals surface area contributed by atoms with Gasteiger partial charge < -0.3 is 19.9 Å². The van der Waals surface area contributed by atoms with Crippen LogP contribution in [0.25, 0.3) is 10.9 Å². The predicted octanol–water partition coefficient (Wildman–Crippen LogP) is 3.65. The van der Waals surface area contributed by atoms with Gasteiger partial charge in [0.2, 0.25) is 11.8 Å². The van der Waals surface area contributed by atoms with Gasteiger partial charge in [0, 0.05) is 60.2 Å². The molecule has 0 radical (unpaired) electrons. The number of carbonyl (C=O) groups excluding carboxylic acids is 3. The van der Waals surface area contributed by atoms with E-state index in [1.165, 1.54) is 11.3 Å². The number of rotatable bonds is 6. The number of aromatic amines is 1. The number of carbonyl (C=O) groups is 3. The molecule has 2 N–H and O–H groups in total. The molecule has 31 heavy (non-hydrogen) atoms. The maximum Gasteiger partial charge on any atom is 0.338 e. The minimum Gasteiger partial charge on any atom is -0.462 e. The lowest BCUT2D eigenvalue weighted by molar-refractivity contribution is -0.133. The Morgan fingerprint density at radius 3 is 2.61 bits per heavy atom. The van der Waals surface area contributed by atoms with E-state index in [4.69, 9.17) is 4.74 Å². The van der Waals surface area contributed by atoms with Gasteiger partial charge in [0.25, 0.3) is 0 Å². The molecule has 2 aromatic carbocycles. The number of esters is 1. The number of H-pyrrole nitrogens is 1. The minimum atomic E-state index is -0.397. The molecule has 1 aromatic heterocycles. The quantitative estimate of drug-likeness (QED) is 0.597. The molecule has 4 rings (SSSR count). The Morgan fingerprint density at radius 1 is 1.06 bits per heavy atom. The van der Waals surface area contributed by atoms with Crippen molar-refractivity contribution >= 4 is 34.4 Å². The lowest BCUT2D eigenvalue weighted by Crippen LogP contribution is -2.36. The molecule has 0 unspecified atom stereocenters. The lowest BCUT2D eigenvalue weighted by atomic mass is 10.0. The molecule has 2 heterocycles. The van der Waals surface area contributed by atoms with Crippen LogP contribution < -0.4 is 5.32 Å². The monoisotopic (exact) mass is 419 g/mol. The topological polar surface area (TPSA) is 91.5 Å². The number of amides is 2. The van der Waals surface area contributed by atoms with Crippen molar-refractivity contribution in [2.24, 2.45) is 0 Å². The number of nitrogens with one attached hydrogen (secondary N) is 2. The van der Waals surface area contributed by atoms with Crippen molar-refractivity contribution in [1.82, 2.24) is 9.88 Å². The second kappa shape index (κ2) is 9.04. The first-order valence-corrected chi connectivity index (χ1v) is 10.5. The fraction of sp³-hybridized carbons (Fsp3) is 0.292. The number of nitrogens with zero attached hydrogens (tertiary/aromatic N) is 1. The summed E-state index contributed by atoms with van der Waals surface area (Å²) in [5.41, 5.74) is 4.45. The molecule has 0 atom stereocenters. The van der Waals surface area contributed by atoms with Crippen molar-refractivity contribution in [3.63, 3.8) is 0 Å². The van der Waals surface area contributed by atoms with E-state index in [1.807, 2.05) is 23.1 Å². The summed E-state index contributed by atoms with van der Waals surface area (Å²) < 4.78 is 4.94. The summed E-state index contributed by atoms with van der Waals surface area (Å²) in [6, 6.07) is 14.6. The van der Waals surface area contributed by atoms with E-state index in [-0.39, 0.29) is 24.7 Å². The third-order valence-corrected chi connectivity index (χ3v) is 5.48. The van der Waals surface area contributed by atoms with Crippen molar-refractivity contribution in [3.8, 4) is 0 Å². The smallest absolute Gasteiger partial charge is 0.338 e. The maximum absolute atomic E-state index is 12.7. The molecule has 7 nitrogen and oxygen atoms in total. The number of ether oxygens (including phenoxy) is 1. The average Bonchev–Trinajstić information content (AvgIpc) is 3.16. The molecule has 1 aliphatic rings. The fourth-order valence-corrected chi connectivity index (χ4v) is 3.89. The second-order valence-corrected chi connectivity index (χ2v) is 7.54. The van der Waals surface area contributed by atoms with Crippen LogP contribution in [0.2, 0.25) is 0 Å². The number of hydrogen-bond donors (Lipinski definition) is 2. The summed E-state index contributed by atoms with van der Waals surface area (Å²) in [5, 5.41) is 3.92. The molecular formula is C24H25N3O4. The Hall–Kier alpha value is -3.61. The molecule has 0 saturated heterocycles. The van der Waals surface area contributed by atoms with Crippen LogP contribution in [0.1, 0.15) is 41.4 Å². The first-order chi connectivity index (χ1) is 15.0. The van der Waals surface area contributed by atoms with Crippen molar-refractivity contribution in [3.05, 3.63) is 65.4 Å². The zero-order valence-corrected chi connectivity index (χ0v) is 17.4. The number of benzene rings is 2. The first-order valence-electron chi connectivity index (χ1n) is 10.5. The van der Waals surface area contributed by atoms with Crippen molar-refractivity contribution in [1.29, 1.82) is 0 Å². The van der Waals surface area contributed by atoms with Crippen LogP contribution in [0.3, 0.4) is 0 Å². The summed E-state index contributed by atoms with van der Waals surface area (Å²) in [4.78, 5) is 41.9. The molecule has 0 bridgehead atoms. The Balaban J connectivity index is 1.30. The summed E-state index contributed by atoms with van der Waals surface area (Å²) in [6.45, 7) is 3.27. The van der Waals surface area contributed by atoms with Crippen LogP contribution in [-0.4, -0.2) is 40.8 Å². The van der Waals surface area contributed by atoms with E-state index >= 15 is 0 Å². The zero-order chi connectivity index (χ0) is 21.8. The summed E-state index contributed by atoms with van der Waals surface area (Å²) in [6.07, 6.45) is 1.05. The van der Waals surface area contributed by atoms with Crippen LogP contribution in [0.5, 0.6) is 0 Å². The van der Waals surface area contributed by atoms with E-state index in [9.17, 15) is 14.4 Å². The second-order valence-electron chi connectivity index (χ2n) is 7.54. The van der Waals surface area contributed by atoms with E-state index in [1.54, 1.807) is 31.2 Å². The molecule has 2 amide bonds. The third-order valence-electron chi connectivity index (χ3n) is 5.48. The van der Waals surface area contributed by atoms with E-state index in [2.05, 4.69) is 16.4 Å². The highest BCUT2D eigenvalue weighted by atomic mass is 16.5. The maximum atomic E-state index is 12.7. The SMILES string of the molecule is CCOC(=O)c1ccc(NC(=O)CCC(=O)N2CCc3[nH]c4ccccc4c3C2)cc1. The van der Waals surface area contributed by atoms with Gasteiger partial charge >= 0.3 is 5.97 Å². The Morgan fingerprint density at radius 2 is 1.84 bits per heavy atom. The van der Waals surface area contributed by atoms with E-state index in [0.29, 0.717) is 30.9 Å². The molecule has 0 spiro atoms. The molecule has 3 aromatic rings. The number of fused-ring (bicyclic) bond motifs is 3. The number of para-hydroxylation sites is 1. The molecule has 0 saturated carbocycles. The Bertz CT molecular complexity index is 1120. The van der Waals surface area contributed by atoms with Gasteiger partial charge in [-0.05, 0) is 37.3 Å². The van der Waals surface area contributed by atoms with Crippen molar-refractivity contribution in [2.75, 3.05) is 18.5 Å². The van der Waals surface area contributed by atoms with Crippen LogP contribution in [-0.2, 0) is 27.3 Å². The molecule has 160 valence electrons. The summed E-state index contributed by atoms with van der Waals surface area (Å²) >= 11 is 0. The van der Waals surface area contributed by atoms with Gasteiger partial charge in [-0.1, -0.05) is 18.2 Å². The highest BCUT2D eigenvalue weighted by Gasteiger charge is 2.24. The summed E-state index contributed by atoms with van der Waals surface area (Å²) in [7, 11) is 0. The van der Waals surface area contributed by atoms with E-state index in [0.717, 1.165) is 17.3 Å². The molecule has 0 aliphatic carbocycles. The largest absolute Gasteiger partial charge is 0.462 e. The minimum absolute atomic E-state index is 0.0243. The highest BCUT2D eigenvalue weighted by molar-refractivity contribution is 5.94. The predicted molar refractivity (Wildman–Crippen MR) is 118 cm³/mol. The molecule has 1 aliphatic heterocycles. The van der Waals surface area contributed by atoms with Gasteiger partial charge in [-0.3, -0.25) is 9.59 Å². The zero-order valence-electron chi connectivity index (χ0n) is 17.4. The van der Waals surface area contributed by atoms with Gasteiger partial charge in [-0.25, -0.2) is 4.79 Å². The lowest BCUT2D eigenvalue weighted by Gasteiger charge is -2.27. The van der Waals surface area contributed by atoms with Crippen molar-refractivity contribution in [2.45, 2.75) is 32.7 Å². The van der Waals surface area contributed by atoms with Crippen molar-refractivity contribution < 1.29 is 19.1 Å². The van der Waals surface area contributed by atoms with Crippen LogP contribution in [0, 0.1) is 0 Å². The normalized spacial score (nSPS) is 13.0. The average molecular weight is 419 g/mol. The first kappa shape index (κ1) is 20.7. The van der Waals surface area contributed by atoms with Gasteiger partial charge in [0.1, 0.15) is 0 Å². The summed E-state index contributed by atoms with van der Waals surface area (Å²) in [5.74, 6) is -0.656. The van der Waals surface area contributed by atoms with Crippen LogP contribution >= 0.6 is 0 Å². The van der Waals surface area contributed by atoms with Crippen LogP contribution in [0.4, 0.5) is 5.69 Å².